The van der Waals surface area contributed by atoms with E-state index in [1.54, 1.807) is 0 Å². The molecule has 0 aliphatic carbocycles. The maximum absolute atomic E-state index is 13.3. The van der Waals surface area contributed by atoms with Crippen LogP contribution in [-0.4, -0.2) is 36.5 Å². The molecule has 0 aromatic rings. The normalized spacial score (nSPS) is 11.5. The van der Waals surface area contributed by atoms with Gasteiger partial charge in [-0.1, -0.05) is 26.2 Å². The van der Waals surface area contributed by atoms with Gasteiger partial charge in [-0.15, -0.1) is 0 Å². The van der Waals surface area contributed by atoms with Crippen LogP contribution >= 0.6 is 0 Å². The van der Waals surface area contributed by atoms with E-state index in [1.165, 1.54) is 7.05 Å². The summed E-state index contributed by atoms with van der Waals surface area (Å²) in [6.45, 7) is 1.64. The van der Waals surface area contributed by atoms with Crippen molar-refractivity contribution in [3.8, 4) is 0 Å². The zero-order chi connectivity index (χ0) is 14.0. The number of halogens is 1. The predicted molar refractivity (Wildman–Crippen MR) is 65.5 cm³/mol. The first-order valence-corrected chi connectivity index (χ1v) is 6.55. The van der Waals surface area contributed by atoms with E-state index in [0.717, 1.165) is 17.7 Å². The number of aliphatic carboxylic acids is 1. The van der Waals surface area contributed by atoms with Gasteiger partial charge in [-0.25, -0.2) is 4.39 Å². The minimum absolute atomic E-state index is 0. The van der Waals surface area contributed by atoms with Gasteiger partial charge in [0.15, 0.2) is 0 Å². The number of nitrogens with zero attached hydrogens (tertiary/aromatic N) is 1. The number of carboxylic acids is 1. The molecule has 0 aliphatic heterocycles. The largest absolute Gasteiger partial charge is 1.00 e. The van der Waals surface area contributed by atoms with E-state index in [2.05, 4.69) is 0 Å². The van der Waals surface area contributed by atoms with Crippen LogP contribution in [-0.2, 0) is 9.59 Å². The van der Waals surface area contributed by atoms with Crippen molar-refractivity contribution in [3.63, 3.8) is 0 Å². The SMILES string of the molecule is CCCCC(F)CCCCC(=O)N(C)CC(=O)[O-].[Na+]. The van der Waals surface area contributed by atoms with E-state index >= 15 is 0 Å². The molecule has 0 radical (unpaired) electrons. The molecule has 0 heterocycles. The number of likely N-dealkylation sites (N-methyl/N-ethyl adjacent to an activating group) is 1. The Morgan fingerprint density at radius 3 is 2.32 bits per heavy atom. The van der Waals surface area contributed by atoms with Crippen molar-refractivity contribution in [2.45, 2.75) is 58.0 Å². The molecule has 0 aliphatic rings. The van der Waals surface area contributed by atoms with Gasteiger partial charge in [-0.2, -0.15) is 0 Å². The van der Waals surface area contributed by atoms with E-state index in [9.17, 15) is 19.1 Å². The fraction of sp³-hybridized carbons (Fsp3) is 0.846. The van der Waals surface area contributed by atoms with Crippen molar-refractivity contribution in [3.05, 3.63) is 0 Å². The number of hydrogen-bond acceptors (Lipinski definition) is 3. The Morgan fingerprint density at radius 1 is 1.21 bits per heavy atom. The van der Waals surface area contributed by atoms with Gasteiger partial charge >= 0.3 is 29.6 Å². The van der Waals surface area contributed by atoms with E-state index in [4.69, 9.17) is 0 Å². The maximum atomic E-state index is 13.3. The van der Waals surface area contributed by atoms with Crippen molar-refractivity contribution < 1.29 is 48.6 Å². The van der Waals surface area contributed by atoms with E-state index in [0.29, 0.717) is 25.7 Å². The van der Waals surface area contributed by atoms with Crippen LogP contribution in [0.5, 0.6) is 0 Å². The van der Waals surface area contributed by atoms with Gasteiger partial charge < -0.3 is 14.8 Å². The van der Waals surface area contributed by atoms with Gasteiger partial charge in [-0.05, 0) is 19.3 Å². The summed E-state index contributed by atoms with van der Waals surface area (Å²) in [6.07, 6.45) is 3.72. The van der Waals surface area contributed by atoms with Crippen LogP contribution in [0.4, 0.5) is 4.39 Å². The fourth-order valence-electron chi connectivity index (χ4n) is 1.68. The number of hydrogen-bond donors (Lipinski definition) is 0. The van der Waals surface area contributed by atoms with E-state index in [1.807, 2.05) is 6.92 Å². The third-order valence-electron chi connectivity index (χ3n) is 2.82. The third kappa shape index (κ3) is 12.6. The summed E-state index contributed by atoms with van der Waals surface area (Å²) in [5.74, 6) is -1.50. The number of carbonyl (C=O) groups excluding carboxylic acids is 2. The Hall–Kier alpha value is -0.130. The molecule has 1 atom stereocenters. The Kier molecular flexibility index (Phi) is 14.4. The molecule has 1 unspecified atom stereocenters. The molecule has 4 nitrogen and oxygen atoms in total. The van der Waals surface area contributed by atoms with Gasteiger partial charge in [0.05, 0.1) is 12.5 Å². The molecule has 0 spiro atoms. The number of unbranched alkanes of at least 4 members (excludes halogenated alkanes) is 2. The number of carboxylic acid groups (broad SMARTS) is 1. The smallest absolute Gasteiger partial charge is 0.548 e. The molecule has 0 rings (SSSR count). The van der Waals surface area contributed by atoms with Crippen molar-refractivity contribution in [2.75, 3.05) is 13.6 Å². The summed E-state index contributed by atoms with van der Waals surface area (Å²) < 4.78 is 13.3. The maximum Gasteiger partial charge on any atom is 1.00 e. The van der Waals surface area contributed by atoms with E-state index < -0.39 is 12.1 Å². The number of alkyl halides is 1. The average Bonchev–Trinajstić information content (AvgIpc) is 2.30. The fourth-order valence-corrected chi connectivity index (χ4v) is 1.68. The summed E-state index contributed by atoms with van der Waals surface area (Å²) in [4.78, 5) is 22.8. The molecule has 0 saturated heterocycles. The Balaban J connectivity index is 0. The molecule has 6 heteroatoms. The molecule has 0 aromatic heterocycles. The second-order valence-corrected chi connectivity index (χ2v) is 4.61. The van der Waals surface area contributed by atoms with Crippen LogP contribution in [0.25, 0.3) is 0 Å². The van der Waals surface area contributed by atoms with Crippen molar-refractivity contribution >= 4 is 11.9 Å². The Morgan fingerprint density at radius 2 is 1.79 bits per heavy atom. The second-order valence-electron chi connectivity index (χ2n) is 4.61. The first kappa shape index (κ1) is 21.2. The van der Waals surface area contributed by atoms with Crippen molar-refractivity contribution in [1.82, 2.24) is 4.90 Å². The standard InChI is InChI=1S/C13H24FNO3.Na/c1-3-4-7-11(14)8-5-6-9-12(16)15(2)10-13(17)18;/h11H,3-10H2,1-2H3,(H,17,18);/q;+1/p-1. The molecule has 1 amide bonds. The molecular formula is C13H23FNNaO3. The van der Waals surface area contributed by atoms with Crippen LogP contribution in [0.1, 0.15) is 51.9 Å². The summed E-state index contributed by atoms with van der Waals surface area (Å²) in [7, 11) is 1.43. The van der Waals surface area contributed by atoms with Gasteiger partial charge in [0.2, 0.25) is 5.91 Å². The Bertz CT molecular complexity index is 264. The second kappa shape index (κ2) is 12.9. The van der Waals surface area contributed by atoms with Crippen molar-refractivity contribution in [2.24, 2.45) is 0 Å². The molecule has 106 valence electrons. The van der Waals surface area contributed by atoms with Gasteiger partial charge in [0.1, 0.15) is 6.17 Å². The predicted octanol–water partition coefficient (Wildman–Crippen LogP) is -1.71. The topological polar surface area (TPSA) is 60.4 Å². The quantitative estimate of drug-likeness (QED) is 0.354. The summed E-state index contributed by atoms with van der Waals surface area (Å²) in [5, 5.41) is 10.3. The summed E-state index contributed by atoms with van der Waals surface area (Å²) in [5.41, 5.74) is 0. The average molecular weight is 283 g/mol. The number of amides is 1. The third-order valence-corrected chi connectivity index (χ3v) is 2.82. The molecule has 0 bridgehead atoms. The first-order chi connectivity index (χ1) is 8.47. The van der Waals surface area contributed by atoms with E-state index in [-0.39, 0.29) is 48.4 Å². The molecular weight excluding hydrogens is 260 g/mol. The van der Waals surface area contributed by atoms with Crippen LogP contribution in [0.3, 0.4) is 0 Å². The van der Waals surface area contributed by atoms with Crippen molar-refractivity contribution in [1.29, 1.82) is 0 Å². The van der Waals surface area contributed by atoms with Crippen LogP contribution in [0.2, 0.25) is 0 Å². The minimum Gasteiger partial charge on any atom is -0.548 e. The number of carbonyl (C=O) groups is 2. The first-order valence-electron chi connectivity index (χ1n) is 6.55. The Labute approximate surface area is 137 Å². The zero-order valence-electron chi connectivity index (χ0n) is 12.3. The van der Waals surface area contributed by atoms with Crippen LogP contribution in [0.15, 0.2) is 0 Å². The van der Waals surface area contributed by atoms with Crippen LogP contribution in [0, 0.1) is 0 Å². The molecule has 0 fully saturated rings. The van der Waals surface area contributed by atoms with Gasteiger partial charge in [0.25, 0.3) is 0 Å². The van der Waals surface area contributed by atoms with Crippen LogP contribution < -0.4 is 34.7 Å². The summed E-state index contributed by atoms with van der Waals surface area (Å²) in [6, 6.07) is 0. The zero-order valence-corrected chi connectivity index (χ0v) is 14.3. The monoisotopic (exact) mass is 283 g/mol. The van der Waals surface area contributed by atoms with Gasteiger partial charge in [-0.3, -0.25) is 4.79 Å². The minimum atomic E-state index is -1.27. The molecule has 0 aromatic carbocycles. The number of rotatable bonds is 10. The molecule has 0 N–H and O–H groups in total. The van der Waals surface area contributed by atoms with Gasteiger partial charge in [0, 0.05) is 13.5 Å². The molecule has 0 saturated carbocycles. The summed E-state index contributed by atoms with van der Waals surface area (Å²) >= 11 is 0. The molecule has 19 heavy (non-hydrogen) atoms.